The average Bonchev–Trinajstić information content (AvgIpc) is 2.87. The molecule has 0 saturated carbocycles. The Bertz CT molecular complexity index is 1290. The van der Waals surface area contributed by atoms with E-state index in [0.717, 1.165) is 18.9 Å². The van der Waals surface area contributed by atoms with Crippen LogP contribution in [-0.2, 0) is 29.1 Å². The number of likely N-dealkylation sites (N-methyl/N-ethyl adjacent to an activating group) is 1. The highest BCUT2D eigenvalue weighted by atomic mass is 35.5. The maximum absolute atomic E-state index is 14.0. The van der Waals surface area contributed by atoms with Crippen molar-refractivity contribution in [2.45, 2.75) is 50.0 Å². The second kappa shape index (κ2) is 13.7. The van der Waals surface area contributed by atoms with Crippen LogP contribution in [0.1, 0.15) is 46.8 Å². The van der Waals surface area contributed by atoms with E-state index >= 15 is 0 Å². The quantitative estimate of drug-likeness (QED) is 0.388. The van der Waals surface area contributed by atoms with E-state index in [9.17, 15) is 26.4 Å². The molecule has 14 heteroatoms. The van der Waals surface area contributed by atoms with Gasteiger partial charge in [-0.15, -0.1) is 12.4 Å². The number of alkyl halides is 3. The van der Waals surface area contributed by atoms with Crippen molar-refractivity contribution in [2.75, 3.05) is 33.0 Å². The molecule has 2 aromatic rings. The van der Waals surface area contributed by atoms with Crippen LogP contribution in [0.5, 0.6) is 5.75 Å². The molecule has 218 valence electrons. The van der Waals surface area contributed by atoms with Gasteiger partial charge in [0.2, 0.25) is 0 Å². The number of halogens is 6. The van der Waals surface area contributed by atoms with Crippen LogP contribution in [0.15, 0.2) is 29.2 Å². The SMILES string of the molecule is CCS(=O)(=O)c1cc(OC)c(Cl)cc1CNC(=O)c1cc(Cl)c(CN2CCC[C@H](NC)C2)c(C(F)(F)F)c1.Cl. The van der Waals surface area contributed by atoms with E-state index in [1.807, 2.05) is 11.9 Å². The zero-order valence-electron chi connectivity index (χ0n) is 21.6. The topological polar surface area (TPSA) is 87.7 Å². The third-order valence-electron chi connectivity index (χ3n) is 6.55. The normalized spacial score (nSPS) is 16.5. The first-order chi connectivity index (χ1) is 17.8. The number of likely N-dealkylation sites (tertiary alicyclic amines) is 1. The summed E-state index contributed by atoms with van der Waals surface area (Å²) in [6.07, 6.45) is -2.96. The summed E-state index contributed by atoms with van der Waals surface area (Å²) >= 11 is 12.5. The van der Waals surface area contributed by atoms with Crippen LogP contribution in [0.3, 0.4) is 0 Å². The molecule has 0 aromatic heterocycles. The van der Waals surface area contributed by atoms with E-state index in [0.29, 0.717) is 13.1 Å². The van der Waals surface area contributed by atoms with Crippen LogP contribution in [0, 0.1) is 0 Å². The van der Waals surface area contributed by atoms with Crippen molar-refractivity contribution in [1.29, 1.82) is 0 Å². The summed E-state index contributed by atoms with van der Waals surface area (Å²) < 4.78 is 72.4. The monoisotopic (exact) mass is 631 g/mol. The number of carbonyl (C=O) groups is 1. The summed E-state index contributed by atoms with van der Waals surface area (Å²) in [7, 11) is -0.568. The molecule has 2 N–H and O–H groups in total. The van der Waals surface area contributed by atoms with E-state index in [-0.39, 0.29) is 74.7 Å². The minimum Gasteiger partial charge on any atom is -0.495 e. The molecule has 0 spiro atoms. The fourth-order valence-electron chi connectivity index (χ4n) is 4.43. The molecule has 39 heavy (non-hydrogen) atoms. The fourth-order valence-corrected chi connectivity index (χ4v) is 6.10. The molecule has 0 bridgehead atoms. The largest absolute Gasteiger partial charge is 0.495 e. The summed E-state index contributed by atoms with van der Waals surface area (Å²) in [5, 5.41) is 5.60. The fraction of sp³-hybridized carbons (Fsp3) is 0.480. The molecule has 0 radical (unpaired) electrons. The number of ether oxygens (including phenoxy) is 1. The number of hydrogen-bond acceptors (Lipinski definition) is 6. The van der Waals surface area contributed by atoms with Crippen molar-refractivity contribution in [3.05, 3.63) is 56.6 Å². The lowest BCUT2D eigenvalue weighted by Gasteiger charge is -2.33. The second-order valence-electron chi connectivity index (χ2n) is 9.03. The number of benzene rings is 2. The van der Waals surface area contributed by atoms with Gasteiger partial charge in [0.1, 0.15) is 5.75 Å². The van der Waals surface area contributed by atoms with Gasteiger partial charge < -0.3 is 15.4 Å². The van der Waals surface area contributed by atoms with Gasteiger partial charge in [-0.3, -0.25) is 9.69 Å². The van der Waals surface area contributed by atoms with Gasteiger partial charge >= 0.3 is 6.18 Å². The van der Waals surface area contributed by atoms with Crippen LogP contribution in [0.2, 0.25) is 10.0 Å². The Morgan fingerprint density at radius 3 is 2.46 bits per heavy atom. The molecular formula is C25H31Cl3F3N3O4S. The maximum Gasteiger partial charge on any atom is 0.416 e. The van der Waals surface area contributed by atoms with E-state index in [1.54, 1.807) is 0 Å². The molecule has 0 unspecified atom stereocenters. The zero-order chi connectivity index (χ0) is 28.3. The number of rotatable bonds is 9. The van der Waals surface area contributed by atoms with Crippen molar-refractivity contribution < 1.29 is 31.1 Å². The highest BCUT2D eigenvalue weighted by molar-refractivity contribution is 7.91. The first kappa shape index (κ1) is 33.4. The number of hydrogen-bond donors (Lipinski definition) is 2. The standard InChI is InChI=1S/C25H30Cl2F3N3O4S.ClH/c1-4-38(35,36)23-11-22(37-3)21(27)10-16(23)12-32-24(34)15-8-19(25(28,29)30)18(20(26)9-15)14-33-7-5-6-17(13-33)31-2;/h8-11,17,31H,4-7,12-14H2,1-3H3,(H,32,34);1H/t17-;/m0./s1. The first-order valence-corrected chi connectivity index (χ1v) is 14.4. The number of methoxy groups -OCH3 is 1. The lowest BCUT2D eigenvalue weighted by atomic mass is 10.00. The highest BCUT2D eigenvalue weighted by Gasteiger charge is 2.36. The van der Waals surface area contributed by atoms with Crippen LogP contribution in [-0.4, -0.2) is 58.3 Å². The smallest absolute Gasteiger partial charge is 0.416 e. The molecule has 1 atom stereocenters. The molecule has 7 nitrogen and oxygen atoms in total. The number of sulfone groups is 1. The zero-order valence-corrected chi connectivity index (χ0v) is 24.8. The lowest BCUT2D eigenvalue weighted by Crippen LogP contribution is -2.44. The lowest BCUT2D eigenvalue weighted by molar-refractivity contribution is -0.138. The molecule has 3 rings (SSSR count). The molecule has 1 aliphatic rings. The molecule has 1 aliphatic heterocycles. The minimum atomic E-state index is -4.74. The van der Waals surface area contributed by atoms with Gasteiger partial charge in [-0.25, -0.2) is 8.42 Å². The number of amides is 1. The van der Waals surface area contributed by atoms with Gasteiger partial charge in [-0.05, 0) is 55.8 Å². The van der Waals surface area contributed by atoms with Gasteiger partial charge in [-0.1, -0.05) is 30.1 Å². The summed E-state index contributed by atoms with van der Waals surface area (Å²) in [4.78, 5) is 14.7. The Kier molecular flexibility index (Phi) is 11.8. The van der Waals surface area contributed by atoms with Gasteiger partial charge in [-0.2, -0.15) is 13.2 Å². The second-order valence-corrected chi connectivity index (χ2v) is 12.1. The Morgan fingerprint density at radius 1 is 1.18 bits per heavy atom. The predicted octanol–water partition coefficient (Wildman–Crippen LogP) is 5.35. The van der Waals surface area contributed by atoms with Crippen molar-refractivity contribution in [3.8, 4) is 5.75 Å². The molecule has 1 saturated heterocycles. The minimum absolute atomic E-state index is 0. The van der Waals surface area contributed by atoms with Crippen LogP contribution >= 0.6 is 35.6 Å². The number of carbonyl (C=O) groups excluding carboxylic acids is 1. The predicted molar refractivity (Wildman–Crippen MR) is 148 cm³/mol. The van der Waals surface area contributed by atoms with E-state index in [1.165, 1.54) is 32.2 Å². The third kappa shape index (κ3) is 8.14. The maximum atomic E-state index is 14.0. The van der Waals surface area contributed by atoms with Gasteiger partial charge in [0.15, 0.2) is 9.84 Å². The molecule has 2 aromatic carbocycles. The van der Waals surface area contributed by atoms with Gasteiger partial charge in [0.25, 0.3) is 5.91 Å². The van der Waals surface area contributed by atoms with Crippen molar-refractivity contribution >= 4 is 51.4 Å². The first-order valence-electron chi connectivity index (χ1n) is 12.0. The van der Waals surface area contributed by atoms with Crippen LogP contribution < -0.4 is 15.4 Å². The van der Waals surface area contributed by atoms with Crippen molar-refractivity contribution in [3.63, 3.8) is 0 Å². The molecule has 1 fully saturated rings. The number of piperidine rings is 1. The van der Waals surface area contributed by atoms with Crippen LogP contribution in [0.25, 0.3) is 0 Å². The average molecular weight is 633 g/mol. The Hall–Kier alpha value is -1.76. The van der Waals surface area contributed by atoms with Crippen molar-refractivity contribution in [2.24, 2.45) is 0 Å². The Morgan fingerprint density at radius 2 is 1.87 bits per heavy atom. The van der Waals surface area contributed by atoms with Crippen molar-refractivity contribution in [1.82, 2.24) is 15.5 Å². The van der Waals surface area contributed by atoms with Gasteiger partial charge in [0, 0.05) is 42.3 Å². The Balaban J connectivity index is 0.00000533. The summed E-state index contributed by atoms with van der Waals surface area (Å²) in [5.41, 5.74) is -1.19. The molecule has 1 amide bonds. The highest BCUT2D eigenvalue weighted by Crippen LogP contribution is 2.37. The molecular weight excluding hydrogens is 602 g/mol. The van der Waals surface area contributed by atoms with E-state index in [4.69, 9.17) is 27.9 Å². The summed E-state index contributed by atoms with van der Waals surface area (Å²) in [6.45, 7) is 2.39. The van der Waals surface area contributed by atoms with E-state index < -0.39 is 27.5 Å². The molecule has 0 aliphatic carbocycles. The summed E-state index contributed by atoms with van der Waals surface area (Å²) in [6, 6.07) is 4.76. The summed E-state index contributed by atoms with van der Waals surface area (Å²) in [5.74, 6) is -0.915. The number of nitrogens with one attached hydrogen (secondary N) is 2. The van der Waals surface area contributed by atoms with Crippen LogP contribution in [0.4, 0.5) is 13.2 Å². The van der Waals surface area contributed by atoms with E-state index in [2.05, 4.69) is 10.6 Å². The van der Waals surface area contributed by atoms with Gasteiger partial charge in [0.05, 0.1) is 28.3 Å². The Labute approximate surface area is 242 Å². The molecule has 1 heterocycles. The third-order valence-corrected chi connectivity index (χ3v) is 8.99. The number of nitrogens with zero attached hydrogens (tertiary/aromatic N) is 1.